The number of carbonyl (C=O) groups excluding carboxylic acids is 1. The van der Waals surface area contributed by atoms with Crippen LogP contribution in [0.4, 0.5) is 4.39 Å². The molecule has 1 heterocycles. The molecule has 0 amide bonds. The van der Waals surface area contributed by atoms with Gasteiger partial charge in [0.25, 0.3) is 0 Å². The summed E-state index contributed by atoms with van der Waals surface area (Å²) in [5.74, 6) is -0.925. The standard InChI is InChI=1S/C18H23FN4O3S.HI/c1-5-26-17(25)15-10(2)22-16(27-15)11(3)23-18(20-4)21-9-12-6-7-14(24)13(19)8-12;/h6-8,11,24H,5,9H2,1-4H3,(H2,20,21,23);1H. The molecule has 1 unspecified atom stereocenters. The van der Waals surface area contributed by atoms with Crippen LogP contribution in [-0.2, 0) is 11.3 Å². The van der Waals surface area contributed by atoms with Crippen molar-refractivity contribution in [3.63, 3.8) is 0 Å². The van der Waals surface area contributed by atoms with E-state index in [2.05, 4.69) is 20.6 Å². The van der Waals surface area contributed by atoms with Crippen molar-refractivity contribution in [1.82, 2.24) is 15.6 Å². The van der Waals surface area contributed by atoms with Crippen LogP contribution in [0.25, 0.3) is 0 Å². The number of carbonyl (C=O) groups is 1. The van der Waals surface area contributed by atoms with Crippen LogP contribution in [0.2, 0.25) is 0 Å². The normalized spacial score (nSPS) is 12.1. The van der Waals surface area contributed by atoms with Gasteiger partial charge in [-0.05, 0) is 38.5 Å². The number of hydrogen-bond acceptors (Lipinski definition) is 6. The summed E-state index contributed by atoms with van der Waals surface area (Å²) in [7, 11) is 1.62. The summed E-state index contributed by atoms with van der Waals surface area (Å²) in [4.78, 5) is 21.0. The second-order valence-electron chi connectivity index (χ2n) is 5.76. The highest BCUT2D eigenvalue weighted by Crippen LogP contribution is 2.24. The maximum atomic E-state index is 13.4. The molecule has 0 saturated carbocycles. The van der Waals surface area contributed by atoms with Gasteiger partial charge in [-0.3, -0.25) is 4.99 Å². The molecule has 3 N–H and O–H groups in total. The van der Waals surface area contributed by atoms with Crippen LogP contribution in [0.5, 0.6) is 5.75 Å². The zero-order valence-corrected chi connectivity index (χ0v) is 19.2. The Kier molecular flexibility index (Phi) is 9.59. The third kappa shape index (κ3) is 6.30. The Labute approximate surface area is 184 Å². The van der Waals surface area contributed by atoms with E-state index in [0.29, 0.717) is 35.2 Å². The predicted octanol–water partition coefficient (Wildman–Crippen LogP) is 3.52. The molecular formula is C18H24FIN4O3S. The fourth-order valence-corrected chi connectivity index (χ4v) is 3.26. The van der Waals surface area contributed by atoms with Gasteiger partial charge in [-0.15, -0.1) is 35.3 Å². The van der Waals surface area contributed by atoms with E-state index < -0.39 is 5.82 Å². The van der Waals surface area contributed by atoms with Gasteiger partial charge in [-0.2, -0.15) is 0 Å². The fraction of sp³-hybridized carbons (Fsp3) is 0.389. The van der Waals surface area contributed by atoms with Gasteiger partial charge in [0.05, 0.1) is 18.3 Å². The molecule has 1 atom stereocenters. The Hall–Kier alpha value is -1.95. The maximum absolute atomic E-state index is 13.4. The predicted molar refractivity (Wildman–Crippen MR) is 118 cm³/mol. The van der Waals surface area contributed by atoms with E-state index >= 15 is 0 Å². The Morgan fingerprint density at radius 1 is 1.46 bits per heavy atom. The first-order valence-electron chi connectivity index (χ1n) is 8.44. The van der Waals surface area contributed by atoms with E-state index in [0.717, 1.165) is 5.01 Å². The molecule has 0 aliphatic carbocycles. The van der Waals surface area contributed by atoms with Gasteiger partial charge in [0.1, 0.15) is 9.88 Å². The van der Waals surface area contributed by atoms with E-state index in [1.165, 1.54) is 23.5 Å². The number of halogens is 2. The van der Waals surface area contributed by atoms with E-state index in [9.17, 15) is 14.3 Å². The van der Waals surface area contributed by atoms with Crippen LogP contribution in [0.1, 0.15) is 45.8 Å². The number of ether oxygens (including phenoxy) is 1. The molecule has 154 valence electrons. The zero-order valence-electron chi connectivity index (χ0n) is 16.1. The molecule has 7 nitrogen and oxygen atoms in total. The number of esters is 1. The number of phenols is 1. The van der Waals surface area contributed by atoms with Crippen molar-refractivity contribution in [2.75, 3.05) is 13.7 Å². The SMILES string of the molecule is CCOC(=O)c1sc(C(C)NC(=NC)NCc2ccc(O)c(F)c2)nc1C.I. The van der Waals surface area contributed by atoms with Gasteiger partial charge in [0.15, 0.2) is 17.5 Å². The number of benzene rings is 1. The molecule has 0 radical (unpaired) electrons. The van der Waals surface area contributed by atoms with Crippen molar-refractivity contribution < 1.29 is 19.0 Å². The van der Waals surface area contributed by atoms with Gasteiger partial charge in [-0.1, -0.05) is 6.07 Å². The molecule has 1 aromatic carbocycles. The van der Waals surface area contributed by atoms with Crippen molar-refractivity contribution in [2.24, 2.45) is 4.99 Å². The van der Waals surface area contributed by atoms with Crippen LogP contribution in [0, 0.1) is 12.7 Å². The third-order valence-electron chi connectivity index (χ3n) is 3.69. The van der Waals surface area contributed by atoms with E-state index in [1.807, 2.05) is 6.92 Å². The average Bonchev–Trinajstić information content (AvgIpc) is 3.03. The van der Waals surface area contributed by atoms with Crippen LogP contribution >= 0.6 is 35.3 Å². The molecule has 0 aliphatic rings. The van der Waals surface area contributed by atoms with Crippen molar-refractivity contribution in [3.8, 4) is 5.75 Å². The molecule has 28 heavy (non-hydrogen) atoms. The Morgan fingerprint density at radius 2 is 2.18 bits per heavy atom. The molecule has 0 saturated heterocycles. The lowest BCUT2D eigenvalue weighted by atomic mass is 10.2. The summed E-state index contributed by atoms with van der Waals surface area (Å²) in [6.45, 7) is 6.07. The number of thiazole rings is 1. The molecule has 2 rings (SSSR count). The molecule has 1 aromatic heterocycles. The van der Waals surface area contributed by atoms with E-state index in [1.54, 1.807) is 27.0 Å². The van der Waals surface area contributed by atoms with Crippen LogP contribution in [0.3, 0.4) is 0 Å². The van der Waals surface area contributed by atoms with Gasteiger partial charge in [-0.25, -0.2) is 14.2 Å². The lowest BCUT2D eigenvalue weighted by molar-refractivity contribution is 0.0531. The van der Waals surface area contributed by atoms with Gasteiger partial charge >= 0.3 is 5.97 Å². The molecular weight excluding hydrogens is 498 g/mol. The summed E-state index contributed by atoms with van der Waals surface area (Å²) < 4.78 is 18.4. The first-order valence-corrected chi connectivity index (χ1v) is 9.26. The number of aromatic hydroxyl groups is 1. The van der Waals surface area contributed by atoms with E-state index in [4.69, 9.17) is 4.74 Å². The lowest BCUT2D eigenvalue weighted by Crippen LogP contribution is -2.38. The lowest BCUT2D eigenvalue weighted by Gasteiger charge is -2.16. The highest BCUT2D eigenvalue weighted by atomic mass is 127. The van der Waals surface area contributed by atoms with E-state index in [-0.39, 0.29) is 41.7 Å². The zero-order chi connectivity index (χ0) is 20.0. The van der Waals surface area contributed by atoms with Gasteiger partial charge in [0, 0.05) is 13.6 Å². The topological polar surface area (TPSA) is 95.8 Å². The van der Waals surface area contributed by atoms with Crippen LogP contribution < -0.4 is 10.6 Å². The summed E-state index contributed by atoms with van der Waals surface area (Å²) in [6.07, 6.45) is 0. The van der Waals surface area contributed by atoms with Crippen molar-refractivity contribution in [1.29, 1.82) is 0 Å². The summed E-state index contributed by atoms with van der Waals surface area (Å²) in [5.41, 5.74) is 1.29. The minimum absolute atomic E-state index is 0. The Balaban J connectivity index is 0.00000392. The number of aromatic nitrogens is 1. The highest BCUT2D eigenvalue weighted by molar-refractivity contribution is 14.0. The molecule has 0 fully saturated rings. The molecule has 0 aliphatic heterocycles. The minimum Gasteiger partial charge on any atom is -0.505 e. The van der Waals surface area contributed by atoms with Crippen molar-refractivity contribution >= 4 is 47.2 Å². The highest BCUT2D eigenvalue weighted by Gasteiger charge is 2.20. The number of aryl methyl sites for hydroxylation is 1. The van der Waals surface area contributed by atoms with Crippen molar-refractivity contribution in [2.45, 2.75) is 33.4 Å². The number of phenolic OH excluding ortho intramolecular Hbond substituents is 1. The Bertz CT molecular complexity index is 844. The number of aliphatic imine (C=N–C) groups is 1. The monoisotopic (exact) mass is 522 g/mol. The second-order valence-corrected chi connectivity index (χ2v) is 6.80. The largest absolute Gasteiger partial charge is 0.505 e. The van der Waals surface area contributed by atoms with Crippen LogP contribution in [0.15, 0.2) is 23.2 Å². The molecule has 0 bridgehead atoms. The van der Waals surface area contributed by atoms with Crippen molar-refractivity contribution in [3.05, 3.63) is 45.2 Å². The smallest absolute Gasteiger partial charge is 0.350 e. The number of nitrogens with one attached hydrogen (secondary N) is 2. The second kappa shape index (κ2) is 11.1. The summed E-state index contributed by atoms with van der Waals surface area (Å²) >= 11 is 1.28. The van der Waals surface area contributed by atoms with Gasteiger partial charge < -0.3 is 20.5 Å². The third-order valence-corrected chi connectivity index (χ3v) is 5.01. The molecule has 2 aromatic rings. The minimum atomic E-state index is -0.671. The Morgan fingerprint density at radius 3 is 2.79 bits per heavy atom. The first-order chi connectivity index (χ1) is 12.8. The first kappa shape index (κ1) is 24.1. The van der Waals surface area contributed by atoms with Gasteiger partial charge in [0.2, 0.25) is 0 Å². The summed E-state index contributed by atoms with van der Waals surface area (Å²) in [6, 6.07) is 3.99. The fourth-order valence-electron chi connectivity index (χ4n) is 2.30. The average molecular weight is 522 g/mol. The van der Waals surface area contributed by atoms with Crippen LogP contribution in [-0.4, -0.2) is 35.7 Å². The maximum Gasteiger partial charge on any atom is 0.350 e. The molecule has 0 spiro atoms. The number of hydrogen-bond donors (Lipinski definition) is 3. The number of rotatable bonds is 6. The molecule has 10 heteroatoms. The number of guanidine groups is 1. The summed E-state index contributed by atoms with van der Waals surface area (Å²) in [5, 5.41) is 16.2. The quantitative estimate of drug-likeness (QED) is 0.233. The number of nitrogens with zero attached hydrogens (tertiary/aromatic N) is 2.